The van der Waals surface area contributed by atoms with Gasteiger partial charge in [-0.1, -0.05) is 42.5 Å². The maximum Gasteiger partial charge on any atom is 0.374 e. The van der Waals surface area contributed by atoms with Crippen molar-refractivity contribution in [2.45, 2.75) is 25.9 Å². The Labute approximate surface area is 136 Å². The molecule has 6 heteroatoms. The maximum absolute atomic E-state index is 12.3. The predicted octanol–water partition coefficient (Wildman–Crippen LogP) is 1.75. The number of ether oxygens (including phenoxy) is 1. The fourth-order valence-electron chi connectivity index (χ4n) is 2.25. The zero-order valence-electron chi connectivity index (χ0n) is 13.0. The Kier molecular flexibility index (Phi) is 6.20. The molecule has 0 aromatic heterocycles. The van der Waals surface area contributed by atoms with Crippen molar-refractivity contribution in [1.82, 2.24) is 5.23 Å². The van der Waals surface area contributed by atoms with Crippen molar-refractivity contribution in [2.24, 2.45) is 0 Å². The lowest BCUT2D eigenvalue weighted by Gasteiger charge is -2.18. The van der Waals surface area contributed by atoms with Crippen LogP contribution >= 0.6 is 0 Å². The van der Waals surface area contributed by atoms with E-state index in [4.69, 9.17) is 4.74 Å². The van der Waals surface area contributed by atoms with Crippen LogP contribution in [0.15, 0.2) is 54.6 Å². The summed E-state index contributed by atoms with van der Waals surface area (Å²) >= 11 is 0. The number of nitrogens with one attached hydrogen (secondary N) is 1. The number of hydrogen-bond donors (Lipinski definition) is 3. The monoisotopic (exact) mass is 313 g/mol. The van der Waals surface area contributed by atoms with E-state index in [1.54, 1.807) is 31.1 Å². The second-order valence-electron chi connectivity index (χ2n) is 5.36. The largest absolute Gasteiger partial charge is 0.508 e. The highest BCUT2D eigenvalue weighted by Gasteiger charge is 2.23. The van der Waals surface area contributed by atoms with Gasteiger partial charge in [0.2, 0.25) is 0 Å². The second-order valence-corrected chi connectivity index (χ2v) is 5.36. The van der Waals surface area contributed by atoms with E-state index in [1.807, 2.05) is 30.3 Å². The summed E-state index contributed by atoms with van der Waals surface area (Å²) < 4.78 is 5.32. The molecule has 0 heterocycles. The molecule has 1 atom stereocenters. The van der Waals surface area contributed by atoms with Crippen molar-refractivity contribution in [1.29, 1.82) is 0 Å². The minimum absolute atomic E-state index is 0.135. The van der Waals surface area contributed by atoms with Crippen LogP contribution in [-0.2, 0) is 22.6 Å². The van der Waals surface area contributed by atoms with Gasteiger partial charge in [-0.25, -0.2) is 0 Å². The highest BCUT2D eigenvalue weighted by molar-refractivity contribution is 6.46. The van der Waals surface area contributed by atoms with E-state index in [9.17, 15) is 14.9 Å². The Balaban J connectivity index is 2.00. The molecule has 2 aromatic carbocycles. The summed E-state index contributed by atoms with van der Waals surface area (Å²) in [6.07, 6.45) is 0.312. The van der Waals surface area contributed by atoms with E-state index in [-0.39, 0.29) is 12.4 Å². The Hall–Kier alpha value is -2.31. The smallest absolute Gasteiger partial charge is 0.374 e. The van der Waals surface area contributed by atoms with E-state index < -0.39 is 19.1 Å². The molecule has 0 bridgehead atoms. The van der Waals surface area contributed by atoms with Gasteiger partial charge in [-0.3, -0.25) is 4.79 Å². The van der Waals surface area contributed by atoms with Crippen molar-refractivity contribution < 1.29 is 19.7 Å². The quantitative estimate of drug-likeness (QED) is 0.536. The van der Waals surface area contributed by atoms with Gasteiger partial charge in [-0.05, 0) is 36.5 Å². The molecule has 0 aliphatic heterocycles. The van der Waals surface area contributed by atoms with Gasteiger partial charge < -0.3 is 20.1 Å². The third kappa shape index (κ3) is 5.77. The molecule has 0 saturated heterocycles. The average molecular weight is 313 g/mol. The van der Waals surface area contributed by atoms with Crippen molar-refractivity contribution >= 4 is 13.0 Å². The summed E-state index contributed by atoms with van der Waals surface area (Å²) in [7, 11) is -0.846. The normalized spacial score (nSPS) is 11.7. The van der Waals surface area contributed by atoms with Crippen LogP contribution in [0, 0.1) is 0 Å². The van der Waals surface area contributed by atoms with Gasteiger partial charge in [0.25, 0.3) is 0 Å². The Morgan fingerprint density at radius 2 is 1.87 bits per heavy atom. The van der Waals surface area contributed by atoms with Gasteiger partial charge in [0, 0.05) is 0 Å². The van der Waals surface area contributed by atoms with Gasteiger partial charge in [-0.2, -0.15) is 0 Å². The third-order valence-electron chi connectivity index (χ3n) is 3.30. The molecule has 23 heavy (non-hydrogen) atoms. The van der Waals surface area contributed by atoms with E-state index in [0.717, 1.165) is 11.1 Å². The summed E-state index contributed by atoms with van der Waals surface area (Å²) in [5.41, 5.74) is 1.67. The molecule has 0 aliphatic rings. The molecule has 5 nitrogen and oxygen atoms in total. The number of rotatable bonds is 7. The molecule has 0 amide bonds. The minimum Gasteiger partial charge on any atom is -0.508 e. The van der Waals surface area contributed by atoms with Crippen LogP contribution < -0.4 is 5.23 Å². The highest BCUT2D eigenvalue weighted by atomic mass is 16.5. The number of hydrogen-bond acceptors (Lipinski definition) is 5. The Morgan fingerprint density at radius 1 is 1.17 bits per heavy atom. The molecule has 0 aliphatic carbocycles. The molecule has 120 valence electrons. The zero-order chi connectivity index (χ0) is 16.7. The number of benzene rings is 2. The summed E-state index contributed by atoms with van der Waals surface area (Å²) in [5.74, 6) is -0.311. The molecule has 3 N–H and O–H groups in total. The number of aromatic hydroxyl groups is 1. The first-order valence-corrected chi connectivity index (χ1v) is 7.47. The fraction of sp³-hybridized carbons (Fsp3) is 0.235. The Morgan fingerprint density at radius 3 is 2.52 bits per heavy atom. The molecule has 0 spiro atoms. The Bertz CT molecular complexity index is 634. The first-order valence-electron chi connectivity index (χ1n) is 7.47. The minimum atomic E-state index is -0.846. The predicted molar refractivity (Wildman–Crippen MR) is 88.8 cm³/mol. The van der Waals surface area contributed by atoms with Crippen molar-refractivity contribution in [3.63, 3.8) is 0 Å². The fourth-order valence-corrected chi connectivity index (χ4v) is 2.25. The van der Waals surface area contributed by atoms with Crippen molar-refractivity contribution in [2.75, 3.05) is 0 Å². The molecule has 2 rings (SSSR count). The van der Waals surface area contributed by atoms with E-state index in [0.29, 0.717) is 6.42 Å². The second kappa shape index (κ2) is 8.36. The van der Waals surface area contributed by atoms with Gasteiger partial charge in [0.15, 0.2) is 0 Å². The van der Waals surface area contributed by atoms with Crippen LogP contribution in [0.1, 0.15) is 11.1 Å². The van der Waals surface area contributed by atoms with Crippen LogP contribution in [0.5, 0.6) is 5.75 Å². The van der Waals surface area contributed by atoms with Gasteiger partial charge in [-0.15, -0.1) is 0 Å². The zero-order valence-corrected chi connectivity index (χ0v) is 13.0. The molecule has 0 radical (unpaired) electrons. The summed E-state index contributed by atoms with van der Waals surface area (Å²) in [6, 6.07) is 15.4. The number of carbonyl (C=O) groups excluding carboxylic acids is 1. The first kappa shape index (κ1) is 17.1. The van der Waals surface area contributed by atoms with Gasteiger partial charge in [0.1, 0.15) is 18.4 Å². The highest BCUT2D eigenvalue weighted by Crippen LogP contribution is 2.13. The molecule has 2 aromatic rings. The molecule has 1 unspecified atom stereocenters. The topological polar surface area (TPSA) is 78.8 Å². The van der Waals surface area contributed by atoms with Crippen LogP contribution in [0.3, 0.4) is 0 Å². The molecular weight excluding hydrogens is 293 g/mol. The maximum atomic E-state index is 12.3. The lowest BCUT2D eigenvalue weighted by molar-refractivity contribution is -0.147. The van der Waals surface area contributed by atoms with E-state index >= 15 is 0 Å². The van der Waals surface area contributed by atoms with Crippen LogP contribution in [-0.4, -0.2) is 29.2 Å². The van der Waals surface area contributed by atoms with Gasteiger partial charge in [0.05, 0.1) is 0 Å². The van der Waals surface area contributed by atoms with E-state index in [1.165, 1.54) is 0 Å². The number of phenols is 1. The van der Waals surface area contributed by atoms with Crippen LogP contribution in [0.4, 0.5) is 0 Å². The SMILES string of the molecule is CB(O)NC(Cc1cccc(O)c1)C(=O)OCc1ccccc1. The van der Waals surface area contributed by atoms with E-state index in [2.05, 4.69) is 5.23 Å². The number of esters is 1. The van der Waals surface area contributed by atoms with Crippen molar-refractivity contribution in [3.8, 4) is 5.75 Å². The average Bonchev–Trinajstić information content (AvgIpc) is 2.52. The third-order valence-corrected chi connectivity index (χ3v) is 3.30. The summed E-state index contributed by atoms with van der Waals surface area (Å²) in [5, 5.41) is 21.8. The lowest BCUT2D eigenvalue weighted by Crippen LogP contribution is -2.46. The summed E-state index contributed by atoms with van der Waals surface area (Å²) in [4.78, 5) is 12.3. The van der Waals surface area contributed by atoms with Crippen LogP contribution in [0.25, 0.3) is 0 Å². The standard InChI is InChI=1S/C17H20BNO4/c1-18(22)19-16(11-14-8-5-9-15(20)10-14)17(21)23-12-13-6-3-2-4-7-13/h2-10,16,19-20,22H,11-12H2,1H3. The number of phenolic OH excluding ortho intramolecular Hbond substituents is 1. The van der Waals surface area contributed by atoms with Crippen molar-refractivity contribution in [3.05, 3.63) is 65.7 Å². The van der Waals surface area contributed by atoms with Gasteiger partial charge >= 0.3 is 13.0 Å². The van der Waals surface area contributed by atoms with Crippen LogP contribution in [0.2, 0.25) is 6.82 Å². The molecular formula is C17H20BNO4. The molecule has 0 saturated carbocycles. The summed E-state index contributed by atoms with van der Waals surface area (Å²) in [6.45, 7) is 1.72. The first-order chi connectivity index (χ1) is 11.0. The lowest BCUT2D eigenvalue weighted by atomic mass is 9.86. The number of carbonyl (C=O) groups is 1. The molecule has 0 fully saturated rings.